The second-order valence-corrected chi connectivity index (χ2v) is 10.7. The number of ether oxygens (including phenoxy) is 5. The lowest BCUT2D eigenvalue weighted by molar-refractivity contribution is -0.296. The van der Waals surface area contributed by atoms with E-state index in [-0.39, 0.29) is 6.61 Å². The molecule has 1 aliphatic heterocycles. The number of hydrogen-bond acceptors (Lipinski definition) is 5. The zero-order valence-corrected chi connectivity index (χ0v) is 24.0. The second kappa shape index (κ2) is 14.9. The Hall–Kier alpha value is -3.76. The maximum Gasteiger partial charge on any atom is 0.147 e. The van der Waals surface area contributed by atoms with Gasteiger partial charge in [0.25, 0.3) is 0 Å². The van der Waals surface area contributed by atoms with Crippen LogP contribution >= 0.6 is 0 Å². The molecule has 0 aliphatic carbocycles. The van der Waals surface area contributed by atoms with Gasteiger partial charge in [0.2, 0.25) is 0 Å². The quantitative estimate of drug-likeness (QED) is 0.169. The van der Waals surface area contributed by atoms with Crippen LogP contribution in [0, 0.1) is 12.3 Å². The standard InChI is InChI=1S/C37H38O5/c1-3-33-34(39-25-30-18-10-5-11-19-30)35(40-26-31-20-12-6-13-21-31)36(41-27-32-22-14-7-15-23-32)37(2,42-33)28-38-24-29-16-8-4-9-17-29/h1,4-23,33-36H,24-28H2,2H3/t33-,34-,35-,36+,37?/m1/s1. The van der Waals surface area contributed by atoms with E-state index in [1.807, 2.05) is 128 Å². The summed E-state index contributed by atoms with van der Waals surface area (Å²) in [5.74, 6) is 2.84. The molecule has 5 rings (SSSR count). The number of terminal acetylenes is 1. The van der Waals surface area contributed by atoms with Crippen molar-refractivity contribution in [2.45, 2.75) is 63.4 Å². The third-order valence-electron chi connectivity index (χ3n) is 7.43. The van der Waals surface area contributed by atoms with Gasteiger partial charge in [-0.1, -0.05) is 127 Å². The van der Waals surface area contributed by atoms with Gasteiger partial charge in [-0.05, 0) is 29.2 Å². The summed E-state index contributed by atoms with van der Waals surface area (Å²) in [4.78, 5) is 0. The minimum Gasteiger partial charge on any atom is -0.374 e. The summed E-state index contributed by atoms with van der Waals surface area (Å²) in [7, 11) is 0. The smallest absolute Gasteiger partial charge is 0.147 e. The second-order valence-electron chi connectivity index (χ2n) is 10.7. The Morgan fingerprint density at radius 3 is 1.45 bits per heavy atom. The predicted molar refractivity (Wildman–Crippen MR) is 163 cm³/mol. The third-order valence-corrected chi connectivity index (χ3v) is 7.43. The first-order chi connectivity index (χ1) is 20.6. The molecule has 5 heteroatoms. The van der Waals surface area contributed by atoms with Crippen LogP contribution in [0.4, 0.5) is 0 Å². The lowest BCUT2D eigenvalue weighted by Crippen LogP contribution is -2.66. The van der Waals surface area contributed by atoms with Crippen LogP contribution in [0.25, 0.3) is 0 Å². The molecular weight excluding hydrogens is 524 g/mol. The molecule has 0 radical (unpaired) electrons. The molecule has 42 heavy (non-hydrogen) atoms. The van der Waals surface area contributed by atoms with Crippen molar-refractivity contribution in [1.82, 2.24) is 0 Å². The molecule has 216 valence electrons. The Bertz CT molecular complexity index is 1370. The highest BCUT2D eigenvalue weighted by molar-refractivity contribution is 5.18. The van der Waals surface area contributed by atoms with E-state index in [2.05, 4.69) is 5.92 Å². The van der Waals surface area contributed by atoms with E-state index < -0.39 is 30.0 Å². The topological polar surface area (TPSA) is 46.2 Å². The number of benzene rings is 4. The van der Waals surface area contributed by atoms with Crippen molar-refractivity contribution >= 4 is 0 Å². The molecule has 1 aliphatic rings. The zero-order valence-electron chi connectivity index (χ0n) is 24.0. The van der Waals surface area contributed by atoms with E-state index in [1.54, 1.807) is 0 Å². The number of hydrogen-bond donors (Lipinski definition) is 0. The van der Waals surface area contributed by atoms with Crippen LogP contribution in [0.5, 0.6) is 0 Å². The fourth-order valence-electron chi connectivity index (χ4n) is 5.24. The van der Waals surface area contributed by atoms with Crippen molar-refractivity contribution < 1.29 is 23.7 Å². The van der Waals surface area contributed by atoms with Gasteiger partial charge in [-0.3, -0.25) is 0 Å². The van der Waals surface area contributed by atoms with Crippen LogP contribution < -0.4 is 0 Å². The Labute approximate surface area is 249 Å². The minimum atomic E-state index is -0.908. The van der Waals surface area contributed by atoms with Crippen LogP contribution in [0.15, 0.2) is 121 Å². The molecule has 1 unspecified atom stereocenters. The first kappa shape index (κ1) is 29.7. The molecule has 1 heterocycles. The van der Waals surface area contributed by atoms with Gasteiger partial charge < -0.3 is 23.7 Å². The fraction of sp³-hybridized carbons (Fsp3) is 0.297. The van der Waals surface area contributed by atoms with E-state index in [0.717, 1.165) is 22.3 Å². The molecule has 0 spiro atoms. The summed E-state index contributed by atoms with van der Waals surface area (Å²) < 4.78 is 32.8. The van der Waals surface area contributed by atoms with Crippen LogP contribution in [-0.4, -0.2) is 36.6 Å². The molecule has 5 atom stereocenters. The van der Waals surface area contributed by atoms with Gasteiger partial charge in [-0.2, -0.15) is 0 Å². The summed E-state index contributed by atoms with van der Waals surface area (Å²) >= 11 is 0. The summed E-state index contributed by atoms with van der Waals surface area (Å²) in [6, 6.07) is 40.2. The Morgan fingerprint density at radius 1 is 0.595 bits per heavy atom. The third kappa shape index (κ3) is 7.95. The Balaban J connectivity index is 1.43. The van der Waals surface area contributed by atoms with Crippen molar-refractivity contribution in [2.24, 2.45) is 0 Å². The van der Waals surface area contributed by atoms with Gasteiger partial charge in [0.05, 0.1) is 33.0 Å². The molecule has 0 N–H and O–H groups in total. The van der Waals surface area contributed by atoms with Crippen LogP contribution in [0.1, 0.15) is 29.2 Å². The summed E-state index contributed by atoms with van der Waals surface area (Å²) in [6.45, 7) is 3.81. The minimum absolute atomic E-state index is 0.260. The average molecular weight is 563 g/mol. The monoisotopic (exact) mass is 562 g/mol. The summed E-state index contributed by atoms with van der Waals surface area (Å²) in [6.07, 6.45) is 3.78. The van der Waals surface area contributed by atoms with Crippen molar-refractivity contribution in [2.75, 3.05) is 6.61 Å². The van der Waals surface area contributed by atoms with Crippen molar-refractivity contribution in [3.63, 3.8) is 0 Å². The largest absolute Gasteiger partial charge is 0.374 e. The fourth-order valence-corrected chi connectivity index (χ4v) is 5.24. The van der Waals surface area contributed by atoms with E-state index in [0.29, 0.717) is 26.4 Å². The van der Waals surface area contributed by atoms with Crippen LogP contribution in [0.3, 0.4) is 0 Å². The Kier molecular flexibility index (Phi) is 10.6. The van der Waals surface area contributed by atoms with E-state index in [9.17, 15) is 0 Å². The molecule has 0 aromatic heterocycles. The molecule has 0 saturated carbocycles. The lowest BCUT2D eigenvalue weighted by Gasteiger charge is -2.50. The maximum absolute atomic E-state index is 6.68. The highest BCUT2D eigenvalue weighted by atomic mass is 16.6. The van der Waals surface area contributed by atoms with E-state index in [1.165, 1.54) is 0 Å². The van der Waals surface area contributed by atoms with Crippen molar-refractivity contribution in [3.8, 4) is 12.3 Å². The molecule has 0 amide bonds. The number of rotatable bonds is 13. The van der Waals surface area contributed by atoms with Gasteiger partial charge in [0, 0.05) is 0 Å². The van der Waals surface area contributed by atoms with Crippen LogP contribution in [0.2, 0.25) is 0 Å². The van der Waals surface area contributed by atoms with E-state index >= 15 is 0 Å². The maximum atomic E-state index is 6.68. The first-order valence-corrected chi connectivity index (χ1v) is 14.4. The van der Waals surface area contributed by atoms with Gasteiger partial charge >= 0.3 is 0 Å². The highest BCUT2D eigenvalue weighted by Gasteiger charge is 2.54. The SMILES string of the molecule is C#C[C@H]1OC(C)(COCc2ccccc2)[C@@H](OCc2ccccc2)[C@H](OCc2ccccc2)[C@@H]1OCc1ccccc1. The molecule has 4 aromatic carbocycles. The highest BCUT2D eigenvalue weighted by Crippen LogP contribution is 2.37. The molecule has 4 aromatic rings. The van der Waals surface area contributed by atoms with Crippen molar-refractivity contribution in [3.05, 3.63) is 144 Å². The van der Waals surface area contributed by atoms with Gasteiger partial charge in [-0.25, -0.2) is 0 Å². The zero-order chi connectivity index (χ0) is 29.0. The van der Waals surface area contributed by atoms with E-state index in [4.69, 9.17) is 30.1 Å². The summed E-state index contributed by atoms with van der Waals surface area (Å²) in [5, 5.41) is 0. The molecule has 0 bridgehead atoms. The molecule has 5 nitrogen and oxygen atoms in total. The van der Waals surface area contributed by atoms with Crippen molar-refractivity contribution in [1.29, 1.82) is 0 Å². The summed E-state index contributed by atoms with van der Waals surface area (Å²) in [5.41, 5.74) is 3.30. The van der Waals surface area contributed by atoms with Crippen LogP contribution in [-0.2, 0) is 50.1 Å². The normalized spacial score (nSPS) is 23.7. The average Bonchev–Trinajstić information content (AvgIpc) is 3.04. The van der Waals surface area contributed by atoms with Gasteiger partial charge in [-0.15, -0.1) is 6.42 Å². The first-order valence-electron chi connectivity index (χ1n) is 14.4. The molecule has 1 saturated heterocycles. The lowest BCUT2D eigenvalue weighted by atomic mass is 9.85. The predicted octanol–water partition coefficient (Wildman–Crippen LogP) is 6.75. The molecule has 1 fully saturated rings. The van der Waals surface area contributed by atoms with Gasteiger partial charge in [0.1, 0.15) is 30.0 Å². The van der Waals surface area contributed by atoms with Gasteiger partial charge in [0.15, 0.2) is 0 Å². The Morgan fingerprint density at radius 2 is 1.00 bits per heavy atom. The molecular formula is C37H38O5.